The maximum Gasteiger partial charge on any atom is 0.246 e. The minimum Gasteiger partial charge on any atom is -0.363 e. The number of benzene rings is 1. The summed E-state index contributed by atoms with van der Waals surface area (Å²) in [6.45, 7) is 11.4. The maximum absolute atomic E-state index is 14.4. The number of halogens is 1. The number of likely N-dealkylation sites (tertiary alicyclic amines) is 1. The van der Waals surface area contributed by atoms with Crippen LogP contribution < -0.4 is 10.6 Å². The first-order valence-electron chi connectivity index (χ1n) is 12.0. The Bertz CT molecular complexity index is 962. The van der Waals surface area contributed by atoms with E-state index in [4.69, 9.17) is 0 Å². The van der Waals surface area contributed by atoms with Gasteiger partial charge in [0.25, 0.3) is 0 Å². The number of nitrogens with one attached hydrogen (secondary N) is 2. The van der Waals surface area contributed by atoms with E-state index in [0.29, 0.717) is 25.0 Å². The highest BCUT2D eigenvalue weighted by molar-refractivity contribution is 5.87. The quantitative estimate of drug-likeness (QED) is 0.466. The summed E-state index contributed by atoms with van der Waals surface area (Å²) in [7, 11) is 0. The number of carbonyl (C=O) groups excluding carboxylic acids is 1. The van der Waals surface area contributed by atoms with E-state index in [1.807, 2.05) is 6.07 Å². The van der Waals surface area contributed by atoms with Gasteiger partial charge in [-0.2, -0.15) is 4.98 Å². The zero-order valence-corrected chi connectivity index (χ0v) is 20.0. The van der Waals surface area contributed by atoms with Crippen molar-refractivity contribution >= 4 is 23.4 Å². The highest BCUT2D eigenvalue weighted by Gasteiger charge is 2.23. The normalized spacial score (nSPS) is 16.0. The van der Waals surface area contributed by atoms with E-state index < -0.39 is 5.82 Å². The Morgan fingerprint density at radius 1 is 1.33 bits per heavy atom. The first-order valence-corrected chi connectivity index (χ1v) is 12.0. The molecule has 178 valence electrons. The number of rotatable bonds is 10. The van der Waals surface area contributed by atoms with Crippen LogP contribution in [0.4, 0.5) is 21.8 Å². The van der Waals surface area contributed by atoms with Gasteiger partial charge in [-0.25, -0.2) is 9.37 Å². The van der Waals surface area contributed by atoms with Gasteiger partial charge in [-0.1, -0.05) is 39.8 Å². The summed E-state index contributed by atoms with van der Waals surface area (Å²) in [5.74, 6) is 0.538. The van der Waals surface area contributed by atoms with Gasteiger partial charge in [0.15, 0.2) is 11.6 Å². The summed E-state index contributed by atoms with van der Waals surface area (Å²) in [6, 6.07) is 6.29. The fourth-order valence-corrected chi connectivity index (χ4v) is 4.17. The zero-order chi connectivity index (χ0) is 23.8. The van der Waals surface area contributed by atoms with Crippen LogP contribution in [0.2, 0.25) is 0 Å². The second-order valence-corrected chi connectivity index (χ2v) is 9.15. The maximum atomic E-state index is 14.4. The molecule has 1 fully saturated rings. The first-order chi connectivity index (χ1) is 15.9. The largest absolute Gasteiger partial charge is 0.363 e. The number of aromatic nitrogens is 2. The van der Waals surface area contributed by atoms with Gasteiger partial charge in [0.1, 0.15) is 0 Å². The van der Waals surface area contributed by atoms with Crippen LogP contribution in [0.15, 0.2) is 37.1 Å². The smallest absolute Gasteiger partial charge is 0.246 e. The lowest BCUT2D eigenvalue weighted by atomic mass is 9.95. The molecule has 3 rings (SSSR count). The van der Waals surface area contributed by atoms with Crippen LogP contribution in [-0.4, -0.2) is 39.9 Å². The Morgan fingerprint density at radius 2 is 2.15 bits per heavy atom. The average Bonchev–Trinajstić information content (AvgIpc) is 2.80. The standard InChI is InChI=1S/C26H36FN5O/c1-5-8-20-15-21(13-12-19(20)11-10-18(3)4)30-26-28-16-23(27)25(31-26)29-22-9-7-14-32(17-22)24(33)6-2/h6,12-13,15-16,18,22H,2,5,7-11,14,17H2,1,3-4H3,(H2,28,29,30,31). The SMILES string of the molecule is C=CC(=O)N1CCCC(Nc2nc(Nc3ccc(CCC(C)C)c(CCC)c3)ncc2F)C1. The summed E-state index contributed by atoms with van der Waals surface area (Å²) in [6.07, 6.45) is 8.50. The molecule has 1 aliphatic heterocycles. The van der Waals surface area contributed by atoms with E-state index in [2.05, 4.69) is 60.1 Å². The molecule has 0 aliphatic carbocycles. The number of nitrogens with zero attached hydrogens (tertiary/aromatic N) is 3. The van der Waals surface area contributed by atoms with Gasteiger partial charge in [-0.15, -0.1) is 0 Å². The molecule has 1 amide bonds. The van der Waals surface area contributed by atoms with Crippen molar-refractivity contribution in [3.8, 4) is 0 Å². The van der Waals surface area contributed by atoms with Gasteiger partial charge in [0, 0.05) is 24.8 Å². The number of aryl methyl sites for hydroxylation is 2. The number of hydrogen-bond acceptors (Lipinski definition) is 5. The monoisotopic (exact) mass is 453 g/mol. The molecule has 2 heterocycles. The lowest BCUT2D eigenvalue weighted by molar-refractivity contribution is -0.127. The molecular formula is C26H36FN5O. The highest BCUT2D eigenvalue weighted by atomic mass is 19.1. The molecule has 2 N–H and O–H groups in total. The lowest BCUT2D eigenvalue weighted by Crippen LogP contribution is -2.44. The molecule has 1 saturated heterocycles. The molecule has 1 aromatic heterocycles. The highest BCUT2D eigenvalue weighted by Crippen LogP contribution is 2.24. The van der Waals surface area contributed by atoms with E-state index in [0.717, 1.165) is 44.2 Å². The van der Waals surface area contributed by atoms with Crippen LogP contribution in [0.1, 0.15) is 57.6 Å². The Balaban J connectivity index is 1.72. The summed E-state index contributed by atoms with van der Waals surface area (Å²) >= 11 is 0. The molecule has 7 heteroatoms. The number of piperidine rings is 1. The molecule has 6 nitrogen and oxygen atoms in total. The van der Waals surface area contributed by atoms with Crippen LogP contribution in [0.3, 0.4) is 0 Å². The lowest BCUT2D eigenvalue weighted by Gasteiger charge is -2.32. The summed E-state index contributed by atoms with van der Waals surface area (Å²) in [5.41, 5.74) is 3.61. The second kappa shape index (κ2) is 11.8. The Hall–Kier alpha value is -2.96. The van der Waals surface area contributed by atoms with Crippen molar-refractivity contribution in [2.45, 2.75) is 65.3 Å². The first kappa shape index (κ1) is 24.7. The van der Waals surface area contributed by atoms with Crippen LogP contribution in [0.5, 0.6) is 0 Å². The van der Waals surface area contributed by atoms with Crippen molar-refractivity contribution in [3.05, 3.63) is 54.0 Å². The third kappa shape index (κ3) is 7.01. The molecule has 1 unspecified atom stereocenters. The van der Waals surface area contributed by atoms with Crippen molar-refractivity contribution in [2.24, 2.45) is 5.92 Å². The fourth-order valence-electron chi connectivity index (χ4n) is 4.17. The van der Waals surface area contributed by atoms with Crippen molar-refractivity contribution in [1.29, 1.82) is 0 Å². The van der Waals surface area contributed by atoms with Crippen LogP contribution in [0, 0.1) is 11.7 Å². The van der Waals surface area contributed by atoms with Crippen molar-refractivity contribution < 1.29 is 9.18 Å². The number of amides is 1. The zero-order valence-electron chi connectivity index (χ0n) is 20.0. The van der Waals surface area contributed by atoms with Gasteiger partial charge < -0.3 is 15.5 Å². The number of anilines is 3. The minimum absolute atomic E-state index is 0.0729. The van der Waals surface area contributed by atoms with E-state index >= 15 is 0 Å². The summed E-state index contributed by atoms with van der Waals surface area (Å²) in [5, 5.41) is 6.39. The average molecular weight is 454 g/mol. The molecular weight excluding hydrogens is 417 g/mol. The minimum atomic E-state index is -0.511. The molecule has 0 saturated carbocycles. The van der Waals surface area contributed by atoms with Gasteiger partial charge >= 0.3 is 0 Å². The van der Waals surface area contributed by atoms with E-state index in [1.165, 1.54) is 23.4 Å². The molecule has 0 spiro atoms. The fraction of sp³-hybridized carbons (Fsp3) is 0.500. The van der Waals surface area contributed by atoms with Gasteiger partial charge in [-0.05, 0) is 67.4 Å². The number of carbonyl (C=O) groups is 1. The molecule has 1 atom stereocenters. The Kier molecular flexibility index (Phi) is 8.80. The summed E-state index contributed by atoms with van der Waals surface area (Å²) < 4.78 is 14.4. The third-order valence-electron chi connectivity index (χ3n) is 5.97. The molecule has 33 heavy (non-hydrogen) atoms. The molecule has 2 aromatic rings. The van der Waals surface area contributed by atoms with Crippen molar-refractivity contribution in [1.82, 2.24) is 14.9 Å². The van der Waals surface area contributed by atoms with E-state index in [-0.39, 0.29) is 17.8 Å². The predicted octanol–water partition coefficient (Wildman–Crippen LogP) is 5.49. The third-order valence-corrected chi connectivity index (χ3v) is 5.97. The Morgan fingerprint density at radius 3 is 2.88 bits per heavy atom. The molecule has 0 bridgehead atoms. The second-order valence-electron chi connectivity index (χ2n) is 9.15. The predicted molar refractivity (Wildman–Crippen MR) is 132 cm³/mol. The van der Waals surface area contributed by atoms with Crippen LogP contribution in [-0.2, 0) is 17.6 Å². The molecule has 0 radical (unpaired) electrons. The number of hydrogen-bond donors (Lipinski definition) is 2. The van der Waals surface area contributed by atoms with Crippen molar-refractivity contribution in [2.75, 3.05) is 23.7 Å². The van der Waals surface area contributed by atoms with Crippen LogP contribution >= 0.6 is 0 Å². The van der Waals surface area contributed by atoms with Crippen molar-refractivity contribution in [3.63, 3.8) is 0 Å². The Labute approximate surface area is 196 Å². The topological polar surface area (TPSA) is 70.2 Å². The van der Waals surface area contributed by atoms with Gasteiger partial charge in [-0.3, -0.25) is 4.79 Å². The van der Waals surface area contributed by atoms with Crippen LogP contribution in [0.25, 0.3) is 0 Å². The summed E-state index contributed by atoms with van der Waals surface area (Å²) in [4.78, 5) is 22.2. The molecule has 1 aromatic carbocycles. The van der Waals surface area contributed by atoms with Gasteiger partial charge in [0.05, 0.1) is 6.20 Å². The van der Waals surface area contributed by atoms with E-state index in [1.54, 1.807) is 4.90 Å². The van der Waals surface area contributed by atoms with E-state index in [9.17, 15) is 9.18 Å². The molecule has 1 aliphatic rings. The van der Waals surface area contributed by atoms with Gasteiger partial charge in [0.2, 0.25) is 11.9 Å².